The van der Waals surface area contributed by atoms with Crippen molar-refractivity contribution in [2.24, 2.45) is 0 Å². The number of hydrogen-bond acceptors (Lipinski definition) is 6. The van der Waals surface area contributed by atoms with Gasteiger partial charge in [0.15, 0.2) is 0 Å². The number of anilines is 1. The molecule has 0 fully saturated rings. The predicted octanol–water partition coefficient (Wildman–Crippen LogP) is 2.93. The van der Waals surface area contributed by atoms with Crippen LogP contribution >= 0.6 is 0 Å². The number of esters is 1. The Hall–Kier alpha value is -3.99. The molecule has 0 saturated heterocycles. The van der Waals surface area contributed by atoms with E-state index in [2.05, 4.69) is 10.1 Å². The Bertz CT molecular complexity index is 944. The fourth-order valence-electron chi connectivity index (χ4n) is 2.11. The van der Waals surface area contributed by atoms with Gasteiger partial charge in [0.2, 0.25) is 0 Å². The van der Waals surface area contributed by atoms with E-state index in [-0.39, 0.29) is 22.5 Å². The molecule has 1 amide bonds. The van der Waals surface area contributed by atoms with Crippen molar-refractivity contribution in [2.45, 2.75) is 0 Å². The third-order valence-electron chi connectivity index (χ3n) is 3.34. The van der Waals surface area contributed by atoms with E-state index in [4.69, 9.17) is 0 Å². The van der Waals surface area contributed by atoms with E-state index in [1.807, 2.05) is 0 Å². The molecule has 0 atom stereocenters. The highest BCUT2D eigenvalue weighted by Gasteiger charge is 2.16. The summed E-state index contributed by atoms with van der Waals surface area (Å²) in [7, 11) is 1.21. The molecule has 0 aromatic heterocycles. The number of nitrogens with zero attached hydrogens (tertiary/aromatic N) is 2. The second-order valence-corrected chi connectivity index (χ2v) is 5.01. The SMILES string of the molecule is COC(=O)c1ccccc1NC(=O)/C(C#N)=C/c1cccc([N+](=O)[O-])c1. The highest BCUT2D eigenvalue weighted by atomic mass is 16.6. The van der Waals surface area contributed by atoms with E-state index in [9.17, 15) is 25.0 Å². The lowest BCUT2D eigenvalue weighted by Gasteiger charge is -2.09. The Labute approximate surface area is 148 Å². The first kappa shape index (κ1) is 18.4. The number of nitrogens with one attached hydrogen (secondary N) is 1. The Morgan fingerprint density at radius 2 is 1.96 bits per heavy atom. The van der Waals surface area contributed by atoms with Crippen LogP contribution in [0.4, 0.5) is 11.4 Å². The minimum atomic E-state index is -0.754. The maximum atomic E-state index is 12.3. The van der Waals surface area contributed by atoms with E-state index in [1.54, 1.807) is 18.2 Å². The number of ether oxygens (including phenoxy) is 1. The van der Waals surface area contributed by atoms with E-state index in [0.29, 0.717) is 5.56 Å². The van der Waals surface area contributed by atoms with Gasteiger partial charge in [-0.25, -0.2) is 4.79 Å². The van der Waals surface area contributed by atoms with Crippen LogP contribution < -0.4 is 5.32 Å². The molecule has 1 N–H and O–H groups in total. The average molecular weight is 351 g/mol. The van der Waals surface area contributed by atoms with Crippen molar-refractivity contribution in [3.8, 4) is 6.07 Å². The summed E-state index contributed by atoms with van der Waals surface area (Å²) in [6.45, 7) is 0. The van der Waals surface area contributed by atoms with Gasteiger partial charge in [0, 0.05) is 12.1 Å². The molecule has 0 saturated carbocycles. The zero-order chi connectivity index (χ0) is 19.1. The number of nitro benzene ring substituents is 1. The van der Waals surface area contributed by atoms with Crippen LogP contribution in [0.1, 0.15) is 15.9 Å². The number of rotatable bonds is 5. The molecule has 2 aromatic carbocycles. The molecule has 0 heterocycles. The van der Waals surface area contributed by atoms with Crippen LogP contribution in [0.25, 0.3) is 6.08 Å². The standard InChI is InChI=1S/C18H13N3O5/c1-26-18(23)15-7-2-3-8-16(15)20-17(22)13(11-19)9-12-5-4-6-14(10-12)21(24)25/h2-10H,1H3,(H,20,22)/b13-9+. The fraction of sp³-hybridized carbons (Fsp3) is 0.0556. The summed E-state index contributed by atoms with van der Waals surface area (Å²) in [5.74, 6) is -1.39. The van der Waals surface area contributed by atoms with Crippen LogP contribution in [0.5, 0.6) is 0 Å². The molecular weight excluding hydrogens is 338 g/mol. The molecule has 0 unspecified atom stereocenters. The Kier molecular flexibility index (Phi) is 5.79. The number of methoxy groups -OCH3 is 1. The second kappa shape index (κ2) is 8.21. The van der Waals surface area contributed by atoms with Crippen molar-refractivity contribution in [3.63, 3.8) is 0 Å². The van der Waals surface area contributed by atoms with Gasteiger partial charge >= 0.3 is 5.97 Å². The highest BCUT2D eigenvalue weighted by Crippen LogP contribution is 2.19. The van der Waals surface area contributed by atoms with E-state index >= 15 is 0 Å². The molecule has 130 valence electrons. The van der Waals surface area contributed by atoms with Gasteiger partial charge in [-0.15, -0.1) is 0 Å². The summed E-state index contributed by atoms with van der Waals surface area (Å²) in [5, 5.41) is 22.5. The predicted molar refractivity (Wildman–Crippen MR) is 93.1 cm³/mol. The van der Waals surface area contributed by atoms with Crippen molar-refractivity contribution >= 4 is 29.3 Å². The van der Waals surface area contributed by atoms with E-state index in [0.717, 1.165) is 0 Å². The zero-order valence-corrected chi connectivity index (χ0v) is 13.6. The molecule has 8 heteroatoms. The Balaban J connectivity index is 2.31. The van der Waals surface area contributed by atoms with Crippen LogP contribution in [-0.4, -0.2) is 23.9 Å². The molecule has 0 radical (unpaired) electrons. The van der Waals surface area contributed by atoms with Gasteiger partial charge < -0.3 is 10.1 Å². The number of hydrogen-bond donors (Lipinski definition) is 1. The van der Waals surface area contributed by atoms with Crippen LogP contribution in [-0.2, 0) is 9.53 Å². The molecular formula is C18H13N3O5. The van der Waals surface area contributed by atoms with Crippen LogP contribution in [0.2, 0.25) is 0 Å². The Morgan fingerprint density at radius 1 is 1.23 bits per heavy atom. The van der Waals surface area contributed by atoms with E-state index < -0.39 is 16.8 Å². The molecule has 0 bridgehead atoms. The first-order valence-corrected chi connectivity index (χ1v) is 7.31. The van der Waals surface area contributed by atoms with Gasteiger partial charge in [0.25, 0.3) is 11.6 Å². The molecule has 0 spiro atoms. The lowest BCUT2D eigenvalue weighted by atomic mass is 10.1. The first-order valence-electron chi connectivity index (χ1n) is 7.31. The van der Waals surface area contributed by atoms with Crippen LogP contribution in [0.3, 0.4) is 0 Å². The van der Waals surface area contributed by atoms with E-state index in [1.165, 1.54) is 49.6 Å². The number of carbonyl (C=O) groups excluding carboxylic acids is 2. The maximum absolute atomic E-state index is 12.3. The number of carbonyl (C=O) groups is 2. The highest BCUT2D eigenvalue weighted by molar-refractivity contribution is 6.12. The Morgan fingerprint density at radius 3 is 2.62 bits per heavy atom. The summed E-state index contributed by atoms with van der Waals surface area (Å²) in [6.07, 6.45) is 1.23. The monoisotopic (exact) mass is 351 g/mol. The fourth-order valence-corrected chi connectivity index (χ4v) is 2.11. The summed E-state index contributed by atoms with van der Waals surface area (Å²) in [6, 6.07) is 13.4. The topological polar surface area (TPSA) is 122 Å². The maximum Gasteiger partial charge on any atom is 0.339 e. The number of non-ortho nitro benzene ring substituents is 1. The van der Waals surface area contributed by atoms with Gasteiger partial charge in [-0.3, -0.25) is 14.9 Å². The van der Waals surface area contributed by atoms with Crippen molar-refractivity contribution < 1.29 is 19.2 Å². The molecule has 26 heavy (non-hydrogen) atoms. The minimum absolute atomic E-state index is 0.135. The third kappa shape index (κ3) is 4.30. The number of para-hydroxylation sites is 1. The average Bonchev–Trinajstić information content (AvgIpc) is 2.66. The summed E-state index contributed by atoms with van der Waals surface area (Å²) in [4.78, 5) is 34.3. The number of amides is 1. The van der Waals surface area contributed by atoms with Gasteiger partial charge in [0.05, 0.1) is 23.3 Å². The van der Waals surface area contributed by atoms with Gasteiger partial charge in [0.1, 0.15) is 11.6 Å². The smallest absolute Gasteiger partial charge is 0.339 e. The summed E-state index contributed by atoms with van der Waals surface area (Å²) >= 11 is 0. The molecule has 2 aromatic rings. The lowest BCUT2D eigenvalue weighted by molar-refractivity contribution is -0.384. The number of nitriles is 1. The van der Waals surface area contributed by atoms with Crippen LogP contribution in [0.15, 0.2) is 54.1 Å². The van der Waals surface area contributed by atoms with Crippen molar-refractivity contribution in [3.05, 3.63) is 75.3 Å². The number of benzene rings is 2. The number of nitro groups is 1. The summed E-state index contributed by atoms with van der Waals surface area (Å²) in [5.41, 5.74) is 0.213. The normalized spacial score (nSPS) is 10.5. The summed E-state index contributed by atoms with van der Waals surface area (Å²) < 4.78 is 4.64. The first-order chi connectivity index (χ1) is 12.5. The minimum Gasteiger partial charge on any atom is -0.465 e. The van der Waals surface area contributed by atoms with Crippen molar-refractivity contribution in [1.29, 1.82) is 5.26 Å². The molecule has 0 aliphatic carbocycles. The van der Waals surface area contributed by atoms with Gasteiger partial charge in [-0.05, 0) is 23.8 Å². The molecule has 8 nitrogen and oxygen atoms in total. The van der Waals surface area contributed by atoms with Crippen molar-refractivity contribution in [1.82, 2.24) is 0 Å². The quantitative estimate of drug-likeness (QED) is 0.290. The zero-order valence-electron chi connectivity index (χ0n) is 13.6. The van der Waals surface area contributed by atoms with Gasteiger partial charge in [-0.2, -0.15) is 5.26 Å². The molecule has 0 aliphatic rings. The molecule has 0 aliphatic heterocycles. The lowest BCUT2D eigenvalue weighted by Crippen LogP contribution is -2.16. The van der Waals surface area contributed by atoms with Crippen LogP contribution in [0, 0.1) is 21.4 Å². The third-order valence-corrected chi connectivity index (χ3v) is 3.34. The van der Waals surface area contributed by atoms with Gasteiger partial charge in [-0.1, -0.05) is 24.3 Å². The van der Waals surface area contributed by atoms with Crippen molar-refractivity contribution in [2.75, 3.05) is 12.4 Å². The largest absolute Gasteiger partial charge is 0.465 e. The molecule has 2 rings (SSSR count). The second-order valence-electron chi connectivity index (χ2n) is 5.01.